The second-order valence-electron chi connectivity index (χ2n) is 25.9. The van der Waals surface area contributed by atoms with Gasteiger partial charge >= 0.3 is 0 Å². The monoisotopic (exact) mass is 1160 g/mol. The average molecular weight is 1160 g/mol. The highest BCUT2D eigenvalue weighted by atomic mass is 16.2. The zero-order valence-corrected chi connectivity index (χ0v) is 54.6. The lowest BCUT2D eigenvalue weighted by atomic mass is 9.94. The molecule has 22 nitrogen and oxygen atoms in total. The van der Waals surface area contributed by atoms with Crippen molar-refractivity contribution in [3.05, 3.63) is 0 Å². The fraction of sp³-hybridized carbons (Fsp3) is 0.817. The van der Waals surface area contributed by atoms with Gasteiger partial charge in [0, 0.05) is 49.3 Å². The minimum Gasteiger partial charge on any atom is -0.343 e. The first-order chi connectivity index (χ1) is 37.7. The van der Waals surface area contributed by atoms with Crippen molar-refractivity contribution < 1.29 is 52.7 Å². The molecule has 0 aromatic heterocycles. The molecule has 1 aliphatic rings. The molecular weight excluding hydrogens is 1050 g/mol. The number of likely N-dealkylation sites (N-methyl/N-ethyl adjacent to an activating group) is 7. The van der Waals surface area contributed by atoms with Gasteiger partial charge in [0.1, 0.15) is 60.4 Å². The van der Waals surface area contributed by atoms with E-state index >= 15 is 4.79 Å². The number of hydrogen-bond acceptors (Lipinski definition) is 11. The molecule has 0 aromatic carbocycles. The van der Waals surface area contributed by atoms with E-state index in [1.807, 2.05) is 76.2 Å². The van der Waals surface area contributed by atoms with E-state index in [4.69, 9.17) is 0 Å². The van der Waals surface area contributed by atoms with Gasteiger partial charge in [-0.2, -0.15) is 0 Å². The van der Waals surface area contributed by atoms with E-state index in [9.17, 15) is 47.9 Å². The fourth-order valence-corrected chi connectivity index (χ4v) is 10.4. The highest BCUT2D eigenvalue weighted by Gasteiger charge is 2.44. The van der Waals surface area contributed by atoms with Gasteiger partial charge in [0.05, 0.1) is 6.54 Å². The Kier molecular flexibility index (Phi) is 30.3. The minimum absolute atomic E-state index is 0.109. The van der Waals surface area contributed by atoms with E-state index in [0.717, 1.165) is 0 Å². The standard InChI is InChI=1S/C60H109N11O11/c1-25-26-42-56(78)65(18)32-48(72)66(19)43(27-33(2)3)54(76)64-49(38(12)13)59(81)67(20)44(28-34(4)5)52(74)61-40(16)51(73)62-41(17)55(77)69(22)46(30-36(8)9)57(79)70(23)47(31-37(10)11)58(80)71(24)50(39(14)15)60(82)68(21)45(29-35(6)7)53(75)63-42/h33-47,49-50H,25-32H2,1-24H3,(H,61,74)(H,62,73)(H,63,75)(H,64,76)/t40-,41+,42-,43-,44-,45-,46-,47-,49-,50-/m0/s1. The summed E-state index contributed by atoms with van der Waals surface area (Å²) in [5, 5.41) is 11.2. The van der Waals surface area contributed by atoms with Gasteiger partial charge in [0.2, 0.25) is 65.0 Å². The number of carbonyl (C=O) groups excluding carboxylic acids is 11. The van der Waals surface area contributed by atoms with E-state index in [1.54, 1.807) is 27.7 Å². The number of amides is 11. The number of nitrogens with zero attached hydrogens (tertiary/aromatic N) is 7. The first kappa shape index (κ1) is 74.2. The van der Waals surface area contributed by atoms with Crippen molar-refractivity contribution in [1.29, 1.82) is 0 Å². The van der Waals surface area contributed by atoms with Gasteiger partial charge in [0.15, 0.2) is 0 Å². The number of hydrogen-bond donors (Lipinski definition) is 4. The molecular formula is C60H109N11O11. The zero-order valence-electron chi connectivity index (χ0n) is 54.6. The molecule has 82 heavy (non-hydrogen) atoms. The number of nitrogens with one attached hydrogen (secondary N) is 4. The molecule has 10 atom stereocenters. The molecule has 11 amide bonds. The van der Waals surface area contributed by atoms with Crippen molar-refractivity contribution in [2.75, 3.05) is 55.9 Å². The van der Waals surface area contributed by atoms with Crippen molar-refractivity contribution >= 4 is 65.0 Å². The molecule has 0 spiro atoms. The maximum atomic E-state index is 15.0. The molecule has 0 aliphatic carbocycles. The zero-order chi connectivity index (χ0) is 63.7. The van der Waals surface area contributed by atoms with Gasteiger partial charge < -0.3 is 55.6 Å². The fourth-order valence-electron chi connectivity index (χ4n) is 10.4. The smallest absolute Gasteiger partial charge is 0.246 e. The Bertz CT molecular complexity index is 2200. The van der Waals surface area contributed by atoms with Gasteiger partial charge in [0.25, 0.3) is 0 Å². The molecule has 1 aliphatic heterocycles. The van der Waals surface area contributed by atoms with Crippen LogP contribution in [-0.4, -0.2) is 216 Å². The highest BCUT2D eigenvalue weighted by molar-refractivity contribution is 5.99. The van der Waals surface area contributed by atoms with Crippen molar-refractivity contribution in [3.8, 4) is 0 Å². The largest absolute Gasteiger partial charge is 0.343 e. The summed E-state index contributed by atoms with van der Waals surface area (Å²) >= 11 is 0. The van der Waals surface area contributed by atoms with Gasteiger partial charge in [-0.05, 0) is 93.8 Å². The van der Waals surface area contributed by atoms with Crippen LogP contribution >= 0.6 is 0 Å². The third-order valence-electron chi connectivity index (χ3n) is 15.4. The van der Waals surface area contributed by atoms with Crippen LogP contribution in [0.1, 0.15) is 163 Å². The molecule has 1 fully saturated rings. The summed E-state index contributed by atoms with van der Waals surface area (Å²) in [7, 11) is 10.3. The predicted molar refractivity (Wildman–Crippen MR) is 318 cm³/mol. The van der Waals surface area contributed by atoms with Crippen LogP contribution in [0.3, 0.4) is 0 Å². The molecule has 0 radical (unpaired) electrons. The average Bonchev–Trinajstić information content (AvgIpc) is 3.47. The van der Waals surface area contributed by atoms with Gasteiger partial charge in [-0.3, -0.25) is 52.7 Å². The molecule has 4 N–H and O–H groups in total. The summed E-state index contributed by atoms with van der Waals surface area (Å²) in [6.45, 7) is 30.2. The molecule has 1 rings (SSSR count). The SMILES string of the molecule is CCC[C@@H]1NC(=O)[C@H](CC(C)C)N(C)C(=O)[C@H](C(C)C)N(C)C(=O)[C@H](CC(C)C)N(C)C(=O)[C@H](CC(C)C)N(C)C(=O)[C@@H](C)NC(=O)[C@H](C)NC(=O)[C@H](CC(C)C)N(C)C(=O)[C@H](C(C)C)NC(=O)[C@H](CC(C)C)N(C)C(=O)CN(C)C1=O. The Labute approximate surface area is 492 Å². The summed E-state index contributed by atoms with van der Waals surface area (Å²) in [5.41, 5.74) is 0. The van der Waals surface area contributed by atoms with Gasteiger partial charge in [-0.25, -0.2) is 0 Å². The summed E-state index contributed by atoms with van der Waals surface area (Å²) in [4.78, 5) is 168. The van der Waals surface area contributed by atoms with Crippen LogP contribution in [0.25, 0.3) is 0 Å². The lowest BCUT2D eigenvalue weighted by Crippen LogP contribution is -2.61. The van der Waals surface area contributed by atoms with E-state index in [-0.39, 0.29) is 68.1 Å². The Balaban J connectivity index is 4.23. The second kappa shape index (κ2) is 33.5. The van der Waals surface area contributed by atoms with Gasteiger partial charge in [-0.1, -0.05) is 110 Å². The van der Waals surface area contributed by atoms with Crippen LogP contribution in [0.4, 0.5) is 0 Å². The summed E-state index contributed by atoms with van der Waals surface area (Å²) in [5.74, 6) is -8.19. The molecule has 470 valence electrons. The van der Waals surface area contributed by atoms with E-state index in [1.165, 1.54) is 97.5 Å². The molecule has 0 bridgehead atoms. The number of carbonyl (C=O) groups is 11. The topological polar surface area (TPSA) is 259 Å². The Hall–Kier alpha value is -5.83. The molecule has 22 heteroatoms. The van der Waals surface area contributed by atoms with Crippen LogP contribution in [-0.2, 0) is 52.7 Å². The van der Waals surface area contributed by atoms with E-state index < -0.39 is 144 Å². The normalized spacial score (nSPS) is 26.6. The van der Waals surface area contributed by atoms with E-state index in [2.05, 4.69) is 21.3 Å². The highest BCUT2D eigenvalue weighted by Crippen LogP contribution is 2.25. The van der Waals surface area contributed by atoms with Crippen LogP contribution in [0.5, 0.6) is 0 Å². The first-order valence-corrected chi connectivity index (χ1v) is 29.8. The van der Waals surface area contributed by atoms with Crippen LogP contribution < -0.4 is 21.3 Å². The number of rotatable bonds is 14. The van der Waals surface area contributed by atoms with E-state index in [0.29, 0.717) is 6.42 Å². The maximum Gasteiger partial charge on any atom is 0.246 e. The molecule has 1 saturated heterocycles. The third-order valence-corrected chi connectivity index (χ3v) is 15.4. The van der Waals surface area contributed by atoms with Crippen LogP contribution in [0.15, 0.2) is 0 Å². The van der Waals surface area contributed by atoms with Crippen LogP contribution in [0, 0.1) is 41.4 Å². The lowest BCUT2D eigenvalue weighted by Gasteiger charge is -2.41. The van der Waals surface area contributed by atoms with Crippen molar-refractivity contribution in [1.82, 2.24) is 55.6 Å². The summed E-state index contributed by atoms with van der Waals surface area (Å²) < 4.78 is 0. The quantitative estimate of drug-likeness (QED) is 0.195. The molecule has 0 saturated carbocycles. The Morgan fingerprint density at radius 2 is 0.732 bits per heavy atom. The molecule has 0 aromatic rings. The Morgan fingerprint density at radius 1 is 0.378 bits per heavy atom. The molecule has 1 heterocycles. The minimum atomic E-state index is -1.21. The second-order valence-corrected chi connectivity index (χ2v) is 25.9. The third kappa shape index (κ3) is 21.1. The van der Waals surface area contributed by atoms with Crippen molar-refractivity contribution in [3.63, 3.8) is 0 Å². The maximum absolute atomic E-state index is 15.0. The summed E-state index contributed by atoms with van der Waals surface area (Å²) in [6.07, 6.45) is 1.58. The van der Waals surface area contributed by atoms with Crippen LogP contribution in [0.2, 0.25) is 0 Å². The summed E-state index contributed by atoms with van der Waals surface area (Å²) in [6, 6.07) is -11.3. The first-order valence-electron chi connectivity index (χ1n) is 29.8. The predicted octanol–water partition coefficient (Wildman–Crippen LogP) is 3.74. The molecule has 0 unspecified atom stereocenters. The van der Waals surface area contributed by atoms with Gasteiger partial charge in [-0.15, -0.1) is 0 Å². The van der Waals surface area contributed by atoms with Crippen molar-refractivity contribution in [2.24, 2.45) is 41.4 Å². The Morgan fingerprint density at radius 3 is 1.15 bits per heavy atom. The van der Waals surface area contributed by atoms with Crippen molar-refractivity contribution in [2.45, 2.75) is 223 Å². The lowest BCUT2D eigenvalue weighted by molar-refractivity contribution is -0.156.